The Hall–Kier alpha value is -3.05. The Bertz CT molecular complexity index is 1370. The van der Waals surface area contributed by atoms with Gasteiger partial charge in [-0.2, -0.15) is 26.3 Å². The summed E-state index contributed by atoms with van der Waals surface area (Å²) >= 11 is 11.8. The summed E-state index contributed by atoms with van der Waals surface area (Å²) in [5, 5.41) is 5.59. The summed E-state index contributed by atoms with van der Waals surface area (Å²) < 4.78 is 96.5. The average molecular weight is 523 g/mol. The normalized spacial score (nSPS) is 12.4. The monoisotopic (exact) mass is 522 g/mol. The maximum Gasteiger partial charge on any atom is 0.417 e. The van der Waals surface area contributed by atoms with Crippen molar-refractivity contribution in [2.75, 3.05) is 12.4 Å². The first-order valence-corrected chi connectivity index (χ1v) is 10.1. The maximum absolute atomic E-state index is 14.8. The highest BCUT2D eigenvalue weighted by Crippen LogP contribution is 2.42. The number of hydrogen-bond acceptors (Lipinski definition) is 3. The van der Waals surface area contributed by atoms with E-state index in [4.69, 9.17) is 23.2 Å². The maximum atomic E-state index is 14.8. The Morgan fingerprint density at radius 1 is 0.912 bits per heavy atom. The zero-order valence-electron chi connectivity index (χ0n) is 16.8. The van der Waals surface area contributed by atoms with Crippen LogP contribution in [0.15, 0.2) is 42.5 Å². The van der Waals surface area contributed by atoms with Crippen LogP contribution >= 0.6 is 23.2 Å². The third-order valence-corrected chi connectivity index (χ3v) is 5.42. The molecule has 178 valence electrons. The molecule has 4 rings (SSSR count). The fourth-order valence-electron chi connectivity index (χ4n) is 3.40. The van der Waals surface area contributed by atoms with Crippen LogP contribution in [0.4, 0.5) is 36.6 Å². The van der Waals surface area contributed by atoms with Gasteiger partial charge in [-0.05, 0) is 30.3 Å². The quantitative estimate of drug-likeness (QED) is 0.281. The van der Waals surface area contributed by atoms with Crippen molar-refractivity contribution in [1.29, 1.82) is 0 Å². The van der Waals surface area contributed by atoms with Gasteiger partial charge in [-0.15, -0.1) is 5.10 Å². The summed E-state index contributed by atoms with van der Waals surface area (Å²) in [7, 11) is 1.25. The molecule has 0 amide bonds. The minimum absolute atomic E-state index is 0.0946. The first-order chi connectivity index (χ1) is 15.8. The molecular weight excluding hydrogens is 512 g/mol. The van der Waals surface area contributed by atoms with Crippen molar-refractivity contribution in [3.05, 3.63) is 69.5 Å². The second-order valence-electron chi connectivity index (χ2n) is 7.05. The number of alkyl halides is 6. The predicted molar refractivity (Wildman–Crippen MR) is 114 cm³/mol. The molecule has 2 aromatic heterocycles. The standard InChI is InChI=1S/C21H11Cl2F7N4/c1-31-19-16-12(21(28,29)30)8-15(9-2-4-11(22)5-3-9)32-18(16)33-34(19)17-13(23)6-10(7-14(17)24)20(25,26)27/h2-8,31H,1H3. The van der Waals surface area contributed by atoms with Crippen molar-refractivity contribution in [3.63, 3.8) is 0 Å². The molecule has 0 aliphatic heterocycles. The highest BCUT2D eigenvalue weighted by molar-refractivity contribution is 6.32. The Morgan fingerprint density at radius 3 is 2.09 bits per heavy atom. The zero-order valence-corrected chi connectivity index (χ0v) is 18.3. The van der Waals surface area contributed by atoms with Gasteiger partial charge in [0.1, 0.15) is 11.5 Å². The number of aromatic nitrogens is 3. The van der Waals surface area contributed by atoms with Gasteiger partial charge in [-0.25, -0.2) is 14.1 Å². The van der Waals surface area contributed by atoms with Gasteiger partial charge in [0.2, 0.25) is 0 Å². The van der Waals surface area contributed by atoms with Gasteiger partial charge in [0.15, 0.2) is 11.5 Å². The van der Waals surface area contributed by atoms with Gasteiger partial charge in [0, 0.05) is 17.6 Å². The molecule has 0 aliphatic rings. The third-order valence-electron chi connectivity index (χ3n) is 4.88. The van der Waals surface area contributed by atoms with E-state index in [0.29, 0.717) is 21.3 Å². The average Bonchev–Trinajstić information content (AvgIpc) is 3.09. The largest absolute Gasteiger partial charge is 0.417 e. The van der Waals surface area contributed by atoms with Gasteiger partial charge < -0.3 is 5.32 Å². The molecule has 1 N–H and O–H groups in total. The van der Waals surface area contributed by atoms with E-state index in [-0.39, 0.29) is 17.6 Å². The number of halogens is 9. The van der Waals surface area contributed by atoms with Crippen molar-refractivity contribution in [2.24, 2.45) is 0 Å². The lowest BCUT2D eigenvalue weighted by molar-refractivity contribution is -0.138. The SMILES string of the molecule is CNc1c2c(C(F)(F)F)cc(-c3ccc(Cl)cc3)nc2nn1-c1c(F)cc(C(F)(F)F)cc1Cl. The molecule has 4 aromatic rings. The molecule has 0 unspecified atom stereocenters. The van der Waals surface area contributed by atoms with Gasteiger partial charge in [-0.3, -0.25) is 0 Å². The van der Waals surface area contributed by atoms with E-state index in [1.54, 1.807) is 0 Å². The van der Waals surface area contributed by atoms with Crippen LogP contribution in [0.5, 0.6) is 0 Å². The highest BCUT2D eigenvalue weighted by atomic mass is 35.5. The summed E-state index contributed by atoms with van der Waals surface area (Å²) in [5.41, 5.74) is -3.39. The topological polar surface area (TPSA) is 42.7 Å². The first kappa shape index (κ1) is 24.1. The van der Waals surface area contributed by atoms with E-state index in [1.165, 1.54) is 31.3 Å². The van der Waals surface area contributed by atoms with Crippen molar-refractivity contribution in [2.45, 2.75) is 12.4 Å². The molecule has 0 aliphatic carbocycles. The van der Waals surface area contributed by atoms with Gasteiger partial charge in [0.25, 0.3) is 0 Å². The second kappa shape index (κ2) is 8.31. The number of nitrogens with one attached hydrogen (secondary N) is 1. The van der Waals surface area contributed by atoms with Crippen molar-refractivity contribution in [1.82, 2.24) is 14.8 Å². The smallest absolute Gasteiger partial charge is 0.372 e. The fraction of sp³-hybridized carbons (Fsp3) is 0.143. The summed E-state index contributed by atoms with van der Waals surface area (Å²) in [6.07, 6.45) is -9.76. The fourth-order valence-corrected chi connectivity index (χ4v) is 3.82. The van der Waals surface area contributed by atoms with E-state index >= 15 is 0 Å². The molecule has 0 spiro atoms. The van der Waals surface area contributed by atoms with Crippen LogP contribution in [-0.2, 0) is 12.4 Å². The number of fused-ring (bicyclic) bond motifs is 1. The Balaban J connectivity index is 2.03. The van der Waals surface area contributed by atoms with Crippen LogP contribution in [0.25, 0.3) is 28.0 Å². The predicted octanol–water partition coefficient (Wildman–Crippen LogP) is 7.61. The van der Waals surface area contributed by atoms with Crippen LogP contribution < -0.4 is 5.32 Å². The van der Waals surface area contributed by atoms with E-state index in [1.807, 2.05) is 0 Å². The molecule has 34 heavy (non-hydrogen) atoms. The highest BCUT2D eigenvalue weighted by Gasteiger charge is 2.37. The zero-order chi connectivity index (χ0) is 25.0. The molecule has 0 atom stereocenters. The second-order valence-corrected chi connectivity index (χ2v) is 7.90. The number of pyridine rings is 1. The minimum Gasteiger partial charge on any atom is -0.372 e. The molecule has 4 nitrogen and oxygen atoms in total. The molecule has 0 saturated carbocycles. The molecule has 0 bridgehead atoms. The Labute approximate surface area is 196 Å². The molecular formula is C21H11Cl2F7N4. The van der Waals surface area contributed by atoms with E-state index in [9.17, 15) is 30.7 Å². The Kier molecular flexibility index (Phi) is 5.89. The van der Waals surface area contributed by atoms with Crippen LogP contribution in [0, 0.1) is 5.82 Å². The number of rotatable bonds is 3. The van der Waals surface area contributed by atoms with Crippen LogP contribution in [0.3, 0.4) is 0 Å². The van der Waals surface area contributed by atoms with Crippen molar-refractivity contribution >= 4 is 40.1 Å². The van der Waals surface area contributed by atoms with E-state index in [2.05, 4.69) is 15.4 Å². The minimum atomic E-state index is -4.89. The van der Waals surface area contributed by atoms with Gasteiger partial charge in [0.05, 0.1) is 27.2 Å². The molecule has 0 saturated heterocycles. The number of anilines is 1. The van der Waals surface area contributed by atoms with Crippen LogP contribution in [-0.4, -0.2) is 21.8 Å². The number of nitrogens with zero attached hydrogens (tertiary/aromatic N) is 3. The molecule has 2 aromatic carbocycles. The van der Waals surface area contributed by atoms with E-state index in [0.717, 1.165) is 6.07 Å². The molecule has 0 radical (unpaired) electrons. The van der Waals surface area contributed by atoms with Crippen molar-refractivity contribution in [3.8, 4) is 16.9 Å². The van der Waals surface area contributed by atoms with E-state index < -0.39 is 51.0 Å². The summed E-state index contributed by atoms with van der Waals surface area (Å²) in [4.78, 5) is 4.16. The Morgan fingerprint density at radius 2 is 1.56 bits per heavy atom. The molecule has 13 heteroatoms. The van der Waals surface area contributed by atoms with Crippen LogP contribution in [0.1, 0.15) is 11.1 Å². The summed E-state index contributed by atoms with van der Waals surface area (Å²) in [6.45, 7) is 0. The summed E-state index contributed by atoms with van der Waals surface area (Å²) in [6, 6.07) is 7.28. The van der Waals surface area contributed by atoms with Gasteiger partial charge >= 0.3 is 12.4 Å². The molecule has 0 fully saturated rings. The summed E-state index contributed by atoms with van der Waals surface area (Å²) in [5.74, 6) is -1.80. The number of benzene rings is 2. The van der Waals surface area contributed by atoms with Gasteiger partial charge in [-0.1, -0.05) is 35.3 Å². The third kappa shape index (κ3) is 4.25. The van der Waals surface area contributed by atoms with Crippen LogP contribution in [0.2, 0.25) is 10.0 Å². The lowest BCUT2D eigenvalue weighted by Crippen LogP contribution is -2.10. The van der Waals surface area contributed by atoms with Crippen molar-refractivity contribution < 1.29 is 30.7 Å². The lowest BCUT2D eigenvalue weighted by atomic mass is 10.1. The molecule has 2 heterocycles. The lowest BCUT2D eigenvalue weighted by Gasteiger charge is -2.14. The number of hydrogen-bond donors (Lipinski definition) is 1. The first-order valence-electron chi connectivity index (χ1n) is 9.32.